The molecule has 0 unspecified atom stereocenters. The van der Waals surface area contributed by atoms with Crippen molar-refractivity contribution in [3.63, 3.8) is 0 Å². The van der Waals surface area contributed by atoms with Gasteiger partial charge in [0.15, 0.2) is 0 Å². The van der Waals surface area contributed by atoms with Crippen molar-refractivity contribution in [3.05, 3.63) is 47.8 Å². The lowest BCUT2D eigenvalue weighted by Gasteiger charge is -2.37. The number of rotatable bonds is 6. The molecule has 0 bridgehead atoms. The minimum atomic E-state index is -4.82. The van der Waals surface area contributed by atoms with Crippen LogP contribution in [-0.2, 0) is 14.8 Å². The Morgan fingerprint density at radius 3 is 2.42 bits per heavy atom. The van der Waals surface area contributed by atoms with Crippen molar-refractivity contribution < 1.29 is 40.2 Å². The topological polar surface area (TPSA) is 109 Å². The van der Waals surface area contributed by atoms with E-state index in [0.717, 1.165) is 16.4 Å². The van der Waals surface area contributed by atoms with Crippen LogP contribution in [0.15, 0.2) is 41.3 Å². The molecule has 206 valence electrons. The lowest BCUT2D eigenvalue weighted by Crippen LogP contribution is -2.45. The van der Waals surface area contributed by atoms with Crippen LogP contribution in [0, 0.1) is 29.5 Å². The summed E-state index contributed by atoms with van der Waals surface area (Å²) in [6, 6.07) is 9.33. The summed E-state index contributed by atoms with van der Waals surface area (Å²) < 4.78 is 91.9. The number of nitriles is 1. The highest BCUT2D eigenvalue weighted by molar-refractivity contribution is 7.92. The number of carbonyl (C=O) groups excluding carboxylic acids is 1. The average Bonchev–Trinajstić information content (AvgIpc) is 2.79. The highest BCUT2D eigenvalue weighted by atomic mass is 32.2. The summed E-state index contributed by atoms with van der Waals surface area (Å²) in [6.45, 7) is 5.93. The van der Waals surface area contributed by atoms with Crippen LogP contribution in [-0.4, -0.2) is 38.9 Å². The Bertz CT molecular complexity index is 1380. The molecular weight excluding hydrogens is 530 g/mol. The first kappa shape index (κ1) is 29.0. The fourth-order valence-electron chi connectivity index (χ4n) is 3.68. The van der Waals surface area contributed by atoms with E-state index in [4.69, 9.17) is 4.74 Å². The number of nitrogens with zero attached hydrogens (tertiary/aromatic N) is 2. The molecule has 0 spiro atoms. The molecule has 1 atom stereocenters. The van der Waals surface area contributed by atoms with Gasteiger partial charge in [0.25, 0.3) is 10.0 Å². The van der Waals surface area contributed by atoms with E-state index < -0.39 is 45.2 Å². The van der Waals surface area contributed by atoms with Crippen LogP contribution < -0.4 is 14.4 Å². The zero-order valence-electron chi connectivity index (χ0n) is 21.3. The van der Waals surface area contributed by atoms with Gasteiger partial charge in [0.2, 0.25) is 5.60 Å². The number of benzene rings is 2. The predicted molar refractivity (Wildman–Crippen MR) is 131 cm³/mol. The number of halogens is 4. The normalized spacial score (nSPS) is 16.2. The van der Waals surface area contributed by atoms with Gasteiger partial charge in [-0.25, -0.2) is 17.6 Å². The van der Waals surface area contributed by atoms with E-state index in [2.05, 4.69) is 16.1 Å². The van der Waals surface area contributed by atoms with Crippen LogP contribution in [0.4, 0.5) is 33.7 Å². The number of fused-ring (bicyclic) bond motifs is 1. The second kappa shape index (κ2) is 9.98. The first-order valence-electron chi connectivity index (χ1n) is 11.4. The minimum Gasteiger partial charge on any atom is -0.486 e. The van der Waals surface area contributed by atoms with Crippen LogP contribution in [0.25, 0.3) is 0 Å². The molecule has 3 rings (SSSR count). The standard InChI is InChI=1S/C25H27F4N3O5S/c1-15-10-18(7-8-19(15)26)38(34,35)32-13-17(12-23(2,3)14-30)36-21-9-6-16(11-20(21)32)31-22(33)37-24(4,5)25(27,28)29/h6-11,17H,12-13H2,1-5H3,(H,31,33)/t17-/m0/s1. The van der Waals surface area contributed by atoms with Gasteiger partial charge in [-0.15, -0.1) is 0 Å². The third-order valence-electron chi connectivity index (χ3n) is 5.93. The summed E-state index contributed by atoms with van der Waals surface area (Å²) in [7, 11) is -4.29. The van der Waals surface area contributed by atoms with Crippen LogP contribution in [0.3, 0.4) is 0 Å². The molecule has 1 aliphatic heterocycles. The third-order valence-corrected chi connectivity index (χ3v) is 7.70. The Hall–Kier alpha value is -3.53. The smallest absolute Gasteiger partial charge is 0.427 e. The van der Waals surface area contributed by atoms with Crippen molar-refractivity contribution in [1.29, 1.82) is 5.26 Å². The monoisotopic (exact) mass is 557 g/mol. The summed E-state index contributed by atoms with van der Waals surface area (Å²) in [5.74, 6) is -0.487. The van der Waals surface area contributed by atoms with Crippen molar-refractivity contribution >= 4 is 27.5 Å². The number of hydrogen-bond donors (Lipinski definition) is 1. The van der Waals surface area contributed by atoms with E-state index in [1.54, 1.807) is 13.8 Å². The Morgan fingerprint density at radius 1 is 1.18 bits per heavy atom. The number of amides is 1. The van der Waals surface area contributed by atoms with Gasteiger partial charge in [-0.1, -0.05) is 0 Å². The molecule has 0 saturated heterocycles. The van der Waals surface area contributed by atoms with Gasteiger partial charge in [0.05, 0.1) is 28.6 Å². The molecule has 13 heteroatoms. The number of anilines is 2. The summed E-state index contributed by atoms with van der Waals surface area (Å²) in [5.41, 5.74) is -3.58. The summed E-state index contributed by atoms with van der Waals surface area (Å²) >= 11 is 0. The molecule has 38 heavy (non-hydrogen) atoms. The molecule has 1 heterocycles. The highest BCUT2D eigenvalue weighted by Crippen LogP contribution is 2.41. The molecule has 1 aliphatic rings. The van der Waals surface area contributed by atoms with Crippen LogP contribution in [0.2, 0.25) is 0 Å². The fraction of sp³-hybridized carbons (Fsp3) is 0.440. The predicted octanol–water partition coefficient (Wildman–Crippen LogP) is 5.92. The lowest BCUT2D eigenvalue weighted by atomic mass is 9.88. The Kier molecular flexibility index (Phi) is 7.62. The van der Waals surface area contributed by atoms with E-state index in [9.17, 15) is 36.0 Å². The Balaban J connectivity index is 2.01. The quantitative estimate of drug-likeness (QED) is 0.442. The second-order valence-electron chi connectivity index (χ2n) is 10.1. The number of ether oxygens (including phenoxy) is 2. The van der Waals surface area contributed by atoms with Crippen molar-refractivity contribution in [1.82, 2.24) is 0 Å². The molecule has 1 amide bonds. The summed E-state index contributed by atoms with van der Waals surface area (Å²) in [4.78, 5) is 12.0. The minimum absolute atomic E-state index is 0.00845. The SMILES string of the molecule is Cc1cc(S(=O)(=O)N2C[C@H](CC(C)(C)C#N)Oc3ccc(NC(=O)OC(C)(C)C(F)(F)F)cc32)ccc1F. The number of carbonyl (C=O) groups is 1. The van der Waals surface area contributed by atoms with Crippen LogP contribution in [0.1, 0.15) is 39.7 Å². The maximum absolute atomic E-state index is 13.8. The number of nitrogens with one attached hydrogen (secondary N) is 1. The molecule has 0 aromatic heterocycles. The molecule has 0 saturated carbocycles. The van der Waals surface area contributed by atoms with Gasteiger partial charge in [-0.05, 0) is 76.6 Å². The first-order valence-corrected chi connectivity index (χ1v) is 12.9. The van der Waals surface area contributed by atoms with E-state index >= 15 is 0 Å². The molecule has 2 aromatic rings. The van der Waals surface area contributed by atoms with Crippen molar-refractivity contribution in [3.8, 4) is 11.8 Å². The Morgan fingerprint density at radius 2 is 1.84 bits per heavy atom. The Labute approximate surface area is 218 Å². The second-order valence-corrected chi connectivity index (χ2v) is 12.0. The van der Waals surface area contributed by atoms with E-state index in [1.807, 2.05) is 0 Å². The molecule has 0 aliphatic carbocycles. The van der Waals surface area contributed by atoms with Gasteiger partial charge < -0.3 is 9.47 Å². The van der Waals surface area contributed by atoms with E-state index in [1.165, 1.54) is 31.2 Å². The van der Waals surface area contributed by atoms with Crippen molar-refractivity contribution in [2.24, 2.45) is 5.41 Å². The number of sulfonamides is 1. The van der Waals surface area contributed by atoms with Gasteiger partial charge in [-0.3, -0.25) is 9.62 Å². The molecule has 0 fully saturated rings. The van der Waals surface area contributed by atoms with E-state index in [-0.39, 0.29) is 40.5 Å². The van der Waals surface area contributed by atoms with Crippen LogP contribution >= 0.6 is 0 Å². The number of aryl methyl sites for hydroxylation is 1. The summed E-state index contributed by atoms with van der Waals surface area (Å²) in [5, 5.41) is 11.6. The first-order chi connectivity index (χ1) is 17.4. The number of alkyl halides is 3. The molecule has 0 radical (unpaired) electrons. The largest absolute Gasteiger partial charge is 0.486 e. The highest BCUT2D eigenvalue weighted by Gasteiger charge is 2.51. The maximum atomic E-state index is 13.8. The maximum Gasteiger partial charge on any atom is 0.427 e. The molecule has 2 aromatic carbocycles. The van der Waals surface area contributed by atoms with Crippen LogP contribution in [0.5, 0.6) is 5.75 Å². The van der Waals surface area contributed by atoms with E-state index in [0.29, 0.717) is 13.8 Å². The molecule has 1 N–H and O–H groups in total. The molecular formula is C25H27F4N3O5S. The average molecular weight is 558 g/mol. The fourth-order valence-corrected chi connectivity index (χ4v) is 5.26. The molecule has 8 nitrogen and oxygen atoms in total. The van der Waals surface area contributed by atoms with Gasteiger partial charge in [0.1, 0.15) is 17.7 Å². The number of hydrogen-bond acceptors (Lipinski definition) is 6. The zero-order chi connectivity index (χ0) is 28.7. The van der Waals surface area contributed by atoms with Gasteiger partial charge in [-0.2, -0.15) is 18.4 Å². The summed E-state index contributed by atoms with van der Waals surface area (Å²) in [6.07, 6.45) is -6.78. The van der Waals surface area contributed by atoms with Gasteiger partial charge >= 0.3 is 12.3 Å². The third kappa shape index (κ3) is 6.12. The zero-order valence-corrected chi connectivity index (χ0v) is 22.1. The lowest BCUT2D eigenvalue weighted by molar-refractivity contribution is -0.242. The van der Waals surface area contributed by atoms with Crippen molar-refractivity contribution in [2.45, 2.75) is 63.8 Å². The van der Waals surface area contributed by atoms with Crippen molar-refractivity contribution in [2.75, 3.05) is 16.2 Å². The van der Waals surface area contributed by atoms with Gasteiger partial charge in [0, 0.05) is 12.1 Å².